The Morgan fingerprint density at radius 1 is 1.24 bits per heavy atom. The van der Waals surface area contributed by atoms with Gasteiger partial charge in [-0.2, -0.15) is 0 Å². The minimum Gasteiger partial charge on any atom is -0.486 e. The Kier molecular flexibility index (Phi) is 5.02. The molecule has 7 heteroatoms. The van der Waals surface area contributed by atoms with Crippen LogP contribution in [0.5, 0.6) is 11.5 Å². The third-order valence-electron chi connectivity index (χ3n) is 4.02. The number of nitrogens with zero attached hydrogens (tertiary/aromatic N) is 1. The first-order valence-electron chi connectivity index (χ1n) is 8.24. The number of rotatable bonds is 5. The van der Waals surface area contributed by atoms with E-state index in [9.17, 15) is 9.59 Å². The van der Waals surface area contributed by atoms with Gasteiger partial charge in [0.1, 0.15) is 19.0 Å². The van der Waals surface area contributed by atoms with E-state index in [0.29, 0.717) is 43.3 Å². The first kappa shape index (κ1) is 17.0. The van der Waals surface area contributed by atoms with Crippen LogP contribution in [0.2, 0.25) is 0 Å². The third kappa shape index (κ3) is 4.17. The quantitative estimate of drug-likeness (QED) is 0.847. The molecule has 1 aromatic carbocycles. The highest BCUT2D eigenvalue weighted by Crippen LogP contribution is 2.30. The molecule has 0 aliphatic carbocycles. The molecule has 1 aliphatic rings. The molecule has 1 aromatic heterocycles. The molecular formula is C18H21N3O4. The highest BCUT2D eigenvalue weighted by molar-refractivity contribution is 5.78. The van der Waals surface area contributed by atoms with E-state index in [2.05, 4.69) is 15.3 Å². The summed E-state index contributed by atoms with van der Waals surface area (Å²) in [5, 5.41) is 2.84. The summed E-state index contributed by atoms with van der Waals surface area (Å²) in [4.78, 5) is 30.8. The maximum absolute atomic E-state index is 12.1. The van der Waals surface area contributed by atoms with Gasteiger partial charge in [-0.3, -0.25) is 9.59 Å². The van der Waals surface area contributed by atoms with Gasteiger partial charge in [0.15, 0.2) is 11.5 Å². The number of ether oxygens (including phenoxy) is 2. The normalized spacial score (nSPS) is 12.7. The summed E-state index contributed by atoms with van der Waals surface area (Å²) in [5.74, 6) is 1.84. The summed E-state index contributed by atoms with van der Waals surface area (Å²) in [6.07, 6.45) is 0.694. The van der Waals surface area contributed by atoms with Crippen molar-refractivity contribution < 1.29 is 14.3 Å². The SMILES string of the molecule is Cc1nc(C)c(CC(=O)NCCc2ccc3c(c2)OCCO3)c(=O)[nH]1. The molecule has 0 spiro atoms. The highest BCUT2D eigenvalue weighted by Gasteiger charge is 2.13. The average Bonchev–Trinajstić information content (AvgIpc) is 2.58. The van der Waals surface area contributed by atoms with Crippen molar-refractivity contribution in [2.75, 3.05) is 19.8 Å². The Labute approximate surface area is 145 Å². The number of hydrogen-bond acceptors (Lipinski definition) is 5. The van der Waals surface area contributed by atoms with Crippen molar-refractivity contribution in [3.05, 3.63) is 51.2 Å². The molecule has 0 bridgehead atoms. The van der Waals surface area contributed by atoms with Crippen LogP contribution in [0.15, 0.2) is 23.0 Å². The molecule has 0 unspecified atom stereocenters. The van der Waals surface area contributed by atoms with Crippen molar-refractivity contribution in [3.63, 3.8) is 0 Å². The molecule has 0 atom stereocenters. The maximum atomic E-state index is 12.1. The summed E-state index contributed by atoms with van der Waals surface area (Å²) in [6, 6.07) is 5.77. The molecule has 25 heavy (non-hydrogen) atoms. The molecular weight excluding hydrogens is 322 g/mol. The number of carbonyl (C=O) groups excluding carboxylic acids is 1. The Bertz CT molecular complexity index is 845. The van der Waals surface area contributed by atoms with Crippen LogP contribution in [-0.2, 0) is 17.6 Å². The van der Waals surface area contributed by atoms with Crippen molar-refractivity contribution in [1.82, 2.24) is 15.3 Å². The summed E-state index contributed by atoms with van der Waals surface area (Å²) in [7, 11) is 0. The zero-order valence-corrected chi connectivity index (χ0v) is 14.3. The third-order valence-corrected chi connectivity index (χ3v) is 4.02. The molecule has 0 saturated heterocycles. The molecule has 0 saturated carbocycles. The minimum absolute atomic E-state index is 0.0234. The standard InChI is InChI=1S/C18H21N3O4/c1-11-14(18(23)21-12(2)20-11)10-17(22)19-6-5-13-3-4-15-16(9-13)25-8-7-24-15/h3-4,9H,5-8,10H2,1-2H3,(H,19,22)(H,20,21,23). The molecule has 2 N–H and O–H groups in total. The van der Waals surface area contributed by atoms with Gasteiger partial charge in [-0.25, -0.2) is 4.98 Å². The second kappa shape index (κ2) is 7.38. The number of H-pyrrole nitrogens is 1. The fourth-order valence-corrected chi connectivity index (χ4v) is 2.77. The molecule has 2 heterocycles. The fourth-order valence-electron chi connectivity index (χ4n) is 2.77. The van der Waals surface area contributed by atoms with Crippen LogP contribution in [0.25, 0.3) is 0 Å². The van der Waals surface area contributed by atoms with Gasteiger partial charge in [-0.05, 0) is 38.0 Å². The summed E-state index contributed by atoms with van der Waals surface area (Å²) in [6.45, 7) is 5.04. The predicted molar refractivity (Wildman–Crippen MR) is 92.2 cm³/mol. The van der Waals surface area contributed by atoms with Crippen LogP contribution in [0.4, 0.5) is 0 Å². The van der Waals surface area contributed by atoms with Crippen LogP contribution in [-0.4, -0.2) is 35.6 Å². The fraction of sp³-hybridized carbons (Fsp3) is 0.389. The van der Waals surface area contributed by atoms with Crippen molar-refractivity contribution >= 4 is 5.91 Å². The lowest BCUT2D eigenvalue weighted by atomic mass is 10.1. The van der Waals surface area contributed by atoms with Crippen molar-refractivity contribution in [2.45, 2.75) is 26.7 Å². The van der Waals surface area contributed by atoms with E-state index in [4.69, 9.17) is 9.47 Å². The Morgan fingerprint density at radius 3 is 2.76 bits per heavy atom. The van der Waals surface area contributed by atoms with Gasteiger partial charge in [0.25, 0.3) is 5.56 Å². The lowest BCUT2D eigenvalue weighted by Crippen LogP contribution is -2.30. The summed E-state index contributed by atoms with van der Waals surface area (Å²) < 4.78 is 11.0. The van der Waals surface area contributed by atoms with E-state index in [1.807, 2.05) is 18.2 Å². The summed E-state index contributed by atoms with van der Waals surface area (Å²) in [5.41, 5.74) is 1.79. The number of aryl methyl sites for hydroxylation is 2. The van der Waals surface area contributed by atoms with Gasteiger partial charge in [-0.1, -0.05) is 6.07 Å². The van der Waals surface area contributed by atoms with E-state index in [1.54, 1.807) is 13.8 Å². The molecule has 0 fully saturated rings. The monoisotopic (exact) mass is 343 g/mol. The maximum Gasteiger partial charge on any atom is 0.254 e. The average molecular weight is 343 g/mol. The Balaban J connectivity index is 1.54. The Hall–Kier alpha value is -2.83. The van der Waals surface area contributed by atoms with Gasteiger partial charge >= 0.3 is 0 Å². The number of benzene rings is 1. The van der Waals surface area contributed by atoms with E-state index in [1.165, 1.54) is 0 Å². The molecule has 1 aliphatic heterocycles. The lowest BCUT2D eigenvalue weighted by molar-refractivity contribution is -0.120. The van der Waals surface area contributed by atoms with Crippen LogP contribution in [0.3, 0.4) is 0 Å². The van der Waals surface area contributed by atoms with Crippen molar-refractivity contribution in [1.29, 1.82) is 0 Å². The molecule has 2 aromatic rings. The van der Waals surface area contributed by atoms with Gasteiger partial charge in [0.2, 0.25) is 5.91 Å². The smallest absolute Gasteiger partial charge is 0.254 e. The second-order valence-corrected chi connectivity index (χ2v) is 5.97. The molecule has 3 rings (SSSR count). The molecule has 132 valence electrons. The molecule has 1 amide bonds. The van der Waals surface area contributed by atoms with E-state index < -0.39 is 0 Å². The number of aromatic nitrogens is 2. The van der Waals surface area contributed by atoms with Crippen LogP contribution in [0, 0.1) is 13.8 Å². The largest absolute Gasteiger partial charge is 0.486 e. The van der Waals surface area contributed by atoms with Crippen LogP contribution >= 0.6 is 0 Å². The summed E-state index contributed by atoms with van der Waals surface area (Å²) >= 11 is 0. The highest BCUT2D eigenvalue weighted by atomic mass is 16.6. The number of nitrogens with one attached hydrogen (secondary N) is 2. The number of aromatic amines is 1. The first-order valence-corrected chi connectivity index (χ1v) is 8.24. The molecule has 0 radical (unpaired) electrons. The zero-order chi connectivity index (χ0) is 17.8. The van der Waals surface area contributed by atoms with Crippen LogP contribution in [0.1, 0.15) is 22.6 Å². The van der Waals surface area contributed by atoms with Crippen molar-refractivity contribution in [2.24, 2.45) is 0 Å². The number of carbonyl (C=O) groups is 1. The van der Waals surface area contributed by atoms with E-state index >= 15 is 0 Å². The van der Waals surface area contributed by atoms with Gasteiger partial charge in [-0.15, -0.1) is 0 Å². The number of fused-ring (bicyclic) bond motifs is 1. The van der Waals surface area contributed by atoms with Gasteiger partial charge in [0.05, 0.1) is 6.42 Å². The van der Waals surface area contributed by atoms with Gasteiger partial charge < -0.3 is 19.8 Å². The van der Waals surface area contributed by atoms with Crippen molar-refractivity contribution in [3.8, 4) is 11.5 Å². The minimum atomic E-state index is -0.257. The zero-order valence-electron chi connectivity index (χ0n) is 14.3. The first-order chi connectivity index (χ1) is 12.0. The number of hydrogen-bond donors (Lipinski definition) is 2. The topological polar surface area (TPSA) is 93.3 Å². The number of amides is 1. The van der Waals surface area contributed by atoms with E-state index in [0.717, 1.165) is 17.1 Å². The second-order valence-electron chi connectivity index (χ2n) is 5.97. The molecule has 7 nitrogen and oxygen atoms in total. The lowest BCUT2D eigenvalue weighted by Gasteiger charge is -2.18. The van der Waals surface area contributed by atoms with Crippen LogP contribution < -0.4 is 20.3 Å². The predicted octanol–water partition coefficient (Wildman–Crippen LogP) is 1.06. The van der Waals surface area contributed by atoms with E-state index in [-0.39, 0.29) is 17.9 Å². The Morgan fingerprint density at radius 2 is 2.00 bits per heavy atom. The van der Waals surface area contributed by atoms with Gasteiger partial charge in [0, 0.05) is 17.8 Å².